The predicted octanol–water partition coefficient (Wildman–Crippen LogP) is 6.85. The van der Waals surface area contributed by atoms with Gasteiger partial charge in [-0.3, -0.25) is 0 Å². The molecular weight excluding hydrogens is 420 g/mol. The summed E-state index contributed by atoms with van der Waals surface area (Å²) in [7, 11) is 1.68. The van der Waals surface area contributed by atoms with E-state index >= 15 is 0 Å². The van der Waals surface area contributed by atoms with Crippen LogP contribution in [0.4, 0.5) is 0 Å². The fraction of sp³-hybridized carbons (Fsp3) is 0.233. The van der Waals surface area contributed by atoms with Gasteiger partial charge in [-0.05, 0) is 43.9 Å². The van der Waals surface area contributed by atoms with Crippen molar-refractivity contribution in [1.82, 2.24) is 9.55 Å². The van der Waals surface area contributed by atoms with E-state index in [-0.39, 0.29) is 6.10 Å². The average molecular weight is 449 g/mol. The Morgan fingerprint density at radius 1 is 0.882 bits per heavy atom. The van der Waals surface area contributed by atoms with Gasteiger partial charge in [-0.15, -0.1) is 6.42 Å². The Kier molecular flexibility index (Phi) is 6.35. The summed E-state index contributed by atoms with van der Waals surface area (Å²) in [6.45, 7) is 0.407. The summed E-state index contributed by atoms with van der Waals surface area (Å²) in [5.74, 6) is 5.13. The molecule has 5 rings (SSSR count). The van der Waals surface area contributed by atoms with Crippen LogP contribution >= 0.6 is 0 Å². The van der Waals surface area contributed by atoms with Gasteiger partial charge in [0.15, 0.2) is 11.5 Å². The molecule has 1 saturated carbocycles. The largest absolute Gasteiger partial charge is 0.493 e. The third-order valence-electron chi connectivity index (χ3n) is 6.33. The summed E-state index contributed by atoms with van der Waals surface area (Å²) in [5.41, 5.74) is 4.99. The summed E-state index contributed by atoms with van der Waals surface area (Å²) in [5, 5.41) is 0. The van der Waals surface area contributed by atoms with Crippen LogP contribution in [0.25, 0.3) is 33.9 Å². The molecule has 0 radical (unpaired) electrons. The molecule has 0 saturated heterocycles. The van der Waals surface area contributed by atoms with E-state index in [2.05, 4.69) is 34.8 Å². The third-order valence-corrected chi connectivity index (χ3v) is 6.33. The van der Waals surface area contributed by atoms with Crippen LogP contribution in [0.1, 0.15) is 25.7 Å². The van der Waals surface area contributed by atoms with Crippen LogP contribution in [0.3, 0.4) is 0 Å². The first-order valence-electron chi connectivity index (χ1n) is 11.8. The normalized spacial score (nSPS) is 13.5. The minimum Gasteiger partial charge on any atom is -0.493 e. The second-order valence-electron chi connectivity index (χ2n) is 8.54. The number of hydrogen-bond acceptors (Lipinski definition) is 3. The number of methoxy groups -OCH3 is 1. The molecule has 1 aliphatic carbocycles. The summed E-state index contributed by atoms with van der Waals surface area (Å²) < 4.78 is 14.1. The van der Waals surface area contributed by atoms with Gasteiger partial charge < -0.3 is 14.0 Å². The van der Waals surface area contributed by atoms with Crippen molar-refractivity contribution in [3.05, 3.63) is 78.9 Å². The number of imidazole rings is 1. The van der Waals surface area contributed by atoms with Crippen molar-refractivity contribution in [3.63, 3.8) is 0 Å². The van der Waals surface area contributed by atoms with Crippen LogP contribution in [0.2, 0.25) is 0 Å². The fourth-order valence-corrected chi connectivity index (χ4v) is 4.70. The van der Waals surface area contributed by atoms with Gasteiger partial charge in [0.1, 0.15) is 5.82 Å². The Bertz CT molecular complexity index is 1300. The van der Waals surface area contributed by atoms with E-state index < -0.39 is 0 Å². The van der Waals surface area contributed by atoms with E-state index in [1.165, 1.54) is 12.8 Å². The van der Waals surface area contributed by atoms with Crippen LogP contribution < -0.4 is 9.47 Å². The SMILES string of the molecule is C#CCn1c(-c2ccc(OC)c(OC3CCCC3)c2)nc(-c2ccccc2)c1-c1ccccc1. The zero-order valence-corrected chi connectivity index (χ0v) is 19.4. The van der Waals surface area contributed by atoms with Gasteiger partial charge in [-0.1, -0.05) is 66.6 Å². The molecule has 0 atom stereocenters. The Morgan fingerprint density at radius 2 is 1.56 bits per heavy atom. The number of rotatable bonds is 7. The second kappa shape index (κ2) is 9.89. The maximum atomic E-state index is 6.36. The Morgan fingerprint density at radius 3 is 2.21 bits per heavy atom. The van der Waals surface area contributed by atoms with E-state index in [1.807, 2.05) is 54.6 Å². The smallest absolute Gasteiger partial charge is 0.162 e. The van der Waals surface area contributed by atoms with Crippen LogP contribution in [-0.4, -0.2) is 22.8 Å². The molecule has 4 heteroatoms. The maximum absolute atomic E-state index is 6.36. The van der Waals surface area contributed by atoms with Gasteiger partial charge in [-0.2, -0.15) is 0 Å². The van der Waals surface area contributed by atoms with Crippen molar-refractivity contribution in [2.24, 2.45) is 0 Å². The quantitative estimate of drug-likeness (QED) is 0.290. The number of benzene rings is 3. The average Bonchev–Trinajstić information content (AvgIpc) is 3.53. The lowest BCUT2D eigenvalue weighted by molar-refractivity contribution is 0.201. The molecule has 0 aliphatic heterocycles. The van der Waals surface area contributed by atoms with Crippen molar-refractivity contribution in [2.45, 2.75) is 38.3 Å². The lowest BCUT2D eigenvalue weighted by atomic mass is 10.0. The summed E-state index contributed by atoms with van der Waals surface area (Å²) in [6.07, 6.45) is 10.6. The van der Waals surface area contributed by atoms with Crippen LogP contribution in [0.15, 0.2) is 78.9 Å². The first-order chi connectivity index (χ1) is 16.8. The minimum absolute atomic E-state index is 0.231. The molecule has 1 aliphatic rings. The predicted molar refractivity (Wildman–Crippen MR) is 137 cm³/mol. The molecule has 4 nitrogen and oxygen atoms in total. The molecule has 3 aromatic carbocycles. The van der Waals surface area contributed by atoms with E-state index in [0.29, 0.717) is 6.54 Å². The molecule has 0 N–H and O–H groups in total. The number of ether oxygens (including phenoxy) is 2. The van der Waals surface area contributed by atoms with Crippen molar-refractivity contribution < 1.29 is 9.47 Å². The maximum Gasteiger partial charge on any atom is 0.162 e. The molecule has 4 aromatic rings. The summed E-state index contributed by atoms with van der Waals surface area (Å²) >= 11 is 0. The van der Waals surface area contributed by atoms with Crippen molar-refractivity contribution in [1.29, 1.82) is 0 Å². The number of terminal acetylenes is 1. The first kappa shape index (κ1) is 21.9. The zero-order valence-electron chi connectivity index (χ0n) is 19.4. The molecule has 0 unspecified atom stereocenters. The lowest BCUT2D eigenvalue weighted by Crippen LogP contribution is -2.11. The standard InChI is InChI=1S/C30H28N2O2/c1-3-20-32-29(23-14-8-5-9-15-23)28(22-12-6-4-7-13-22)31-30(32)24-18-19-26(33-2)27(21-24)34-25-16-10-11-17-25/h1,4-9,12-15,18-19,21,25H,10-11,16-17,20H2,2H3. The van der Waals surface area contributed by atoms with Gasteiger partial charge in [0.05, 0.1) is 31.1 Å². The highest BCUT2D eigenvalue weighted by atomic mass is 16.5. The van der Waals surface area contributed by atoms with Crippen LogP contribution in [-0.2, 0) is 6.54 Å². The Hall–Kier alpha value is -3.97. The van der Waals surface area contributed by atoms with Crippen molar-refractivity contribution in [3.8, 4) is 57.7 Å². The van der Waals surface area contributed by atoms with E-state index in [9.17, 15) is 0 Å². The number of hydrogen-bond donors (Lipinski definition) is 0. The van der Waals surface area contributed by atoms with Gasteiger partial charge >= 0.3 is 0 Å². The second-order valence-corrected chi connectivity index (χ2v) is 8.54. The molecule has 1 heterocycles. The fourth-order valence-electron chi connectivity index (χ4n) is 4.70. The molecule has 1 aromatic heterocycles. The molecule has 34 heavy (non-hydrogen) atoms. The summed E-state index contributed by atoms with van der Waals surface area (Å²) in [6, 6.07) is 26.6. The molecule has 170 valence electrons. The summed E-state index contributed by atoms with van der Waals surface area (Å²) in [4.78, 5) is 5.15. The highest BCUT2D eigenvalue weighted by Gasteiger charge is 2.23. The van der Waals surface area contributed by atoms with E-state index in [1.54, 1.807) is 7.11 Å². The third kappa shape index (κ3) is 4.30. The van der Waals surface area contributed by atoms with E-state index in [0.717, 1.165) is 58.2 Å². The van der Waals surface area contributed by atoms with Gasteiger partial charge in [0, 0.05) is 16.7 Å². The van der Waals surface area contributed by atoms with Crippen LogP contribution in [0, 0.1) is 12.3 Å². The van der Waals surface area contributed by atoms with Crippen molar-refractivity contribution >= 4 is 0 Å². The highest BCUT2D eigenvalue weighted by molar-refractivity contribution is 5.82. The topological polar surface area (TPSA) is 36.3 Å². The highest BCUT2D eigenvalue weighted by Crippen LogP contribution is 2.39. The Balaban J connectivity index is 1.69. The molecular formula is C30H28N2O2. The molecule has 0 bridgehead atoms. The van der Waals surface area contributed by atoms with Crippen LogP contribution in [0.5, 0.6) is 11.5 Å². The molecule has 0 spiro atoms. The molecule has 1 fully saturated rings. The zero-order chi connectivity index (χ0) is 23.3. The lowest BCUT2D eigenvalue weighted by Gasteiger charge is -2.17. The van der Waals surface area contributed by atoms with Gasteiger partial charge in [-0.25, -0.2) is 4.98 Å². The number of nitrogens with zero attached hydrogens (tertiary/aromatic N) is 2. The first-order valence-corrected chi connectivity index (χ1v) is 11.8. The molecule has 0 amide bonds. The van der Waals surface area contributed by atoms with E-state index in [4.69, 9.17) is 20.9 Å². The minimum atomic E-state index is 0.231. The monoisotopic (exact) mass is 448 g/mol. The van der Waals surface area contributed by atoms with Crippen molar-refractivity contribution in [2.75, 3.05) is 7.11 Å². The van der Waals surface area contributed by atoms with Gasteiger partial charge in [0.25, 0.3) is 0 Å². The Labute approximate surface area is 201 Å². The van der Waals surface area contributed by atoms with Gasteiger partial charge in [0.2, 0.25) is 0 Å². The number of aromatic nitrogens is 2.